The number of benzene rings is 2. The summed E-state index contributed by atoms with van der Waals surface area (Å²) in [5, 5.41) is 11.7. The number of anilines is 2. The fourth-order valence-electron chi connectivity index (χ4n) is 2.94. The molecule has 1 heterocycles. The molecule has 3 N–H and O–H groups in total. The van der Waals surface area contributed by atoms with Gasteiger partial charge in [0, 0.05) is 25.1 Å². The van der Waals surface area contributed by atoms with Crippen LogP contribution < -0.4 is 15.7 Å². The van der Waals surface area contributed by atoms with E-state index in [0.29, 0.717) is 25.1 Å². The molecule has 2 aromatic carbocycles. The molecule has 1 aliphatic rings. The van der Waals surface area contributed by atoms with Crippen molar-refractivity contribution in [3.63, 3.8) is 0 Å². The molecule has 0 aromatic heterocycles. The average Bonchev–Trinajstić information content (AvgIpc) is 2.75. The molecule has 0 radical (unpaired) electrons. The molecule has 0 bridgehead atoms. The van der Waals surface area contributed by atoms with Crippen molar-refractivity contribution >= 4 is 23.2 Å². The summed E-state index contributed by atoms with van der Waals surface area (Å²) in [6.07, 6.45) is 0.428. The Morgan fingerprint density at radius 2 is 1.88 bits per heavy atom. The molecule has 0 atom stereocenters. The minimum absolute atomic E-state index is 0.0157. The topological polar surface area (TPSA) is 81.7 Å². The number of carbonyl (C=O) groups excluding carboxylic acids is 2. The lowest BCUT2D eigenvalue weighted by atomic mass is 10.1. The van der Waals surface area contributed by atoms with Gasteiger partial charge in [0.25, 0.3) is 5.91 Å². The van der Waals surface area contributed by atoms with Crippen molar-refractivity contribution < 1.29 is 14.8 Å². The number of carbonyl (C=O) groups is 2. The second kappa shape index (κ2) is 6.94. The van der Waals surface area contributed by atoms with Crippen LogP contribution in [-0.2, 0) is 11.3 Å². The zero-order valence-electron chi connectivity index (χ0n) is 14.3. The maximum atomic E-state index is 12.0. The van der Waals surface area contributed by atoms with Crippen LogP contribution >= 0.6 is 0 Å². The van der Waals surface area contributed by atoms with Crippen LogP contribution in [0.5, 0.6) is 0 Å². The molecule has 0 fully saturated rings. The number of nitrogens with one attached hydrogen (secondary N) is 2. The molecule has 0 aliphatic carbocycles. The number of hydrogen-bond donors (Lipinski definition) is 3. The third-order valence-electron chi connectivity index (χ3n) is 4.53. The highest BCUT2D eigenvalue weighted by molar-refractivity contribution is 5.96. The van der Waals surface area contributed by atoms with Gasteiger partial charge in [0.1, 0.15) is 0 Å². The molecule has 3 rings (SSSR count). The van der Waals surface area contributed by atoms with Crippen LogP contribution in [-0.4, -0.2) is 23.6 Å². The maximum absolute atomic E-state index is 12.0. The summed E-state index contributed by atoms with van der Waals surface area (Å²) in [6.45, 7) is 5.34. The van der Waals surface area contributed by atoms with E-state index in [4.69, 9.17) is 5.21 Å². The van der Waals surface area contributed by atoms with Crippen LogP contribution in [0.25, 0.3) is 0 Å². The van der Waals surface area contributed by atoms with Crippen LogP contribution in [0.1, 0.15) is 33.5 Å². The molecule has 2 aromatic rings. The van der Waals surface area contributed by atoms with Crippen molar-refractivity contribution in [2.45, 2.75) is 26.8 Å². The first-order valence-electron chi connectivity index (χ1n) is 8.17. The summed E-state index contributed by atoms with van der Waals surface area (Å²) in [5.74, 6) is -0.519. The molecule has 6 nitrogen and oxygen atoms in total. The van der Waals surface area contributed by atoms with Crippen molar-refractivity contribution in [3.8, 4) is 0 Å². The Kier molecular flexibility index (Phi) is 4.72. The third-order valence-corrected chi connectivity index (χ3v) is 4.53. The second-order valence-corrected chi connectivity index (χ2v) is 6.31. The third kappa shape index (κ3) is 3.64. The van der Waals surface area contributed by atoms with Crippen molar-refractivity contribution in [2.24, 2.45) is 0 Å². The number of aryl methyl sites for hydroxylation is 2. The van der Waals surface area contributed by atoms with E-state index in [2.05, 4.69) is 23.2 Å². The highest BCUT2D eigenvalue weighted by Crippen LogP contribution is 2.32. The molecular weight excluding hydrogens is 318 g/mol. The lowest BCUT2D eigenvalue weighted by molar-refractivity contribution is -0.115. The van der Waals surface area contributed by atoms with Gasteiger partial charge in [-0.25, -0.2) is 5.48 Å². The standard InChI is InChI=1S/C19H21N3O3/c1-12-9-16-17(10-13(12)2)22(8-7-18(23)20-16)11-14-3-5-15(6-4-14)19(24)21-25/h3-6,9-10,25H,7-8,11H2,1-2H3,(H,20,23)(H,21,24). The van der Waals surface area contributed by atoms with Gasteiger partial charge in [0.2, 0.25) is 5.91 Å². The summed E-state index contributed by atoms with van der Waals surface area (Å²) < 4.78 is 0. The van der Waals surface area contributed by atoms with E-state index in [9.17, 15) is 9.59 Å². The average molecular weight is 339 g/mol. The van der Waals surface area contributed by atoms with Gasteiger partial charge < -0.3 is 10.2 Å². The summed E-state index contributed by atoms with van der Waals surface area (Å²) in [5.41, 5.74) is 7.20. The van der Waals surface area contributed by atoms with Gasteiger partial charge in [-0.1, -0.05) is 12.1 Å². The molecule has 0 spiro atoms. The molecule has 6 heteroatoms. The SMILES string of the molecule is Cc1cc2c(cc1C)N(Cc1ccc(C(=O)NO)cc1)CCC(=O)N2. The first-order valence-corrected chi connectivity index (χ1v) is 8.17. The summed E-state index contributed by atoms with van der Waals surface area (Å²) in [7, 11) is 0. The second-order valence-electron chi connectivity index (χ2n) is 6.31. The summed E-state index contributed by atoms with van der Waals surface area (Å²) >= 11 is 0. The first kappa shape index (κ1) is 17.0. The molecule has 0 saturated heterocycles. The summed E-state index contributed by atoms with van der Waals surface area (Å²) in [6, 6.07) is 11.2. The minimum atomic E-state index is -0.535. The van der Waals surface area contributed by atoms with Crippen molar-refractivity contribution in [2.75, 3.05) is 16.8 Å². The zero-order valence-corrected chi connectivity index (χ0v) is 14.3. The first-order chi connectivity index (χ1) is 12.0. The van der Waals surface area contributed by atoms with Crippen molar-refractivity contribution in [1.29, 1.82) is 0 Å². The fourth-order valence-corrected chi connectivity index (χ4v) is 2.94. The van der Waals surface area contributed by atoms with Gasteiger partial charge in [-0.3, -0.25) is 14.8 Å². The van der Waals surface area contributed by atoms with E-state index >= 15 is 0 Å². The van der Waals surface area contributed by atoms with Gasteiger partial charge in [0.15, 0.2) is 0 Å². The molecular formula is C19H21N3O3. The van der Waals surface area contributed by atoms with Gasteiger partial charge in [-0.2, -0.15) is 0 Å². The molecule has 1 aliphatic heterocycles. The lowest BCUT2D eigenvalue weighted by Crippen LogP contribution is -2.24. The highest BCUT2D eigenvalue weighted by atomic mass is 16.5. The molecule has 130 valence electrons. The van der Waals surface area contributed by atoms with E-state index in [0.717, 1.165) is 22.5 Å². The fraction of sp³-hybridized carbons (Fsp3) is 0.263. The smallest absolute Gasteiger partial charge is 0.274 e. The van der Waals surface area contributed by atoms with E-state index in [1.54, 1.807) is 17.6 Å². The Labute approximate surface area is 146 Å². The van der Waals surface area contributed by atoms with Crippen LogP contribution in [0.4, 0.5) is 11.4 Å². The Bertz CT molecular complexity index is 815. The van der Waals surface area contributed by atoms with Crippen LogP contribution in [0.3, 0.4) is 0 Å². The van der Waals surface area contributed by atoms with E-state index < -0.39 is 5.91 Å². The number of nitrogens with zero attached hydrogens (tertiary/aromatic N) is 1. The largest absolute Gasteiger partial charge is 0.365 e. The Hall–Kier alpha value is -2.86. The highest BCUT2D eigenvalue weighted by Gasteiger charge is 2.20. The van der Waals surface area contributed by atoms with Crippen molar-refractivity contribution in [1.82, 2.24) is 5.48 Å². The Morgan fingerprint density at radius 1 is 1.20 bits per heavy atom. The van der Waals surface area contributed by atoms with Gasteiger partial charge in [-0.05, 0) is 54.8 Å². The Morgan fingerprint density at radius 3 is 2.56 bits per heavy atom. The normalized spacial score (nSPS) is 13.7. The van der Waals surface area contributed by atoms with Gasteiger partial charge in [-0.15, -0.1) is 0 Å². The zero-order chi connectivity index (χ0) is 18.0. The number of amides is 2. The molecule has 0 unspecified atom stereocenters. The molecule has 0 saturated carbocycles. The predicted molar refractivity (Wildman–Crippen MR) is 95.9 cm³/mol. The predicted octanol–water partition coefficient (Wildman–Crippen LogP) is 2.77. The quantitative estimate of drug-likeness (QED) is 0.593. The monoisotopic (exact) mass is 339 g/mol. The van der Waals surface area contributed by atoms with E-state index in [-0.39, 0.29) is 5.91 Å². The van der Waals surface area contributed by atoms with Gasteiger partial charge in [0.05, 0.1) is 11.4 Å². The van der Waals surface area contributed by atoms with Gasteiger partial charge >= 0.3 is 0 Å². The molecule has 25 heavy (non-hydrogen) atoms. The number of rotatable bonds is 3. The number of hydrogen-bond acceptors (Lipinski definition) is 4. The van der Waals surface area contributed by atoms with Crippen LogP contribution in [0.2, 0.25) is 0 Å². The van der Waals surface area contributed by atoms with E-state index in [1.807, 2.05) is 25.1 Å². The number of hydroxylamine groups is 1. The van der Waals surface area contributed by atoms with Crippen molar-refractivity contribution in [3.05, 3.63) is 58.7 Å². The lowest BCUT2D eigenvalue weighted by Gasteiger charge is -2.25. The maximum Gasteiger partial charge on any atom is 0.274 e. The minimum Gasteiger partial charge on any atom is -0.365 e. The Balaban J connectivity index is 1.88. The van der Waals surface area contributed by atoms with Crippen LogP contribution in [0.15, 0.2) is 36.4 Å². The van der Waals surface area contributed by atoms with Crippen LogP contribution in [0, 0.1) is 13.8 Å². The van der Waals surface area contributed by atoms with E-state index in [1.165, 1.54) is 5.56 Å². The number of fused-ring (bicyclic) bond motifs is 1. The summed E-state index contributed by atoms with van der Waals surface area (Å²) in [4.78, 5) is 25.6. The molecule has 2 amide bonds.